The summed E-state index contributed by atoms with van der Waals surface area (Å²) >= 11 is 0. The quantitative estimate of drug-likeness (QED) is 0.374. The molecule has 0 unspecified atom stereocenters. The topological polar surface area (TPSA) is 69.0 Å². The molecule has 6 nitrogen and oxygen atoms in total. The smallest absolute Gasteiger partial charge is 0.193 e. The highest BCUT2D eigenvalue weighted by Gasteiger charge is 2.13. The number of allylic oxidation sites excluding steroid dienone is 5. The maximum absolute atomic E-state index is 12.9. The Hall–Kier alpha value is -4.45. The standard InChI is InChI=1S/C27H24N4O2/c1-3-4-6-9-20(2)30-27-17-26(32)24-18-29-21(19-33-23-12-14-28-15-13-23)16-25(24)31(27)22-10-7-5-8-11-22/h3-18,30H,1,19H2,2H3/b6-4-,20-9+. The van der Waals surface area contributed by atoms with Gasteiger partial charge in [0.2, 0.25) is 0 Å². The fourth-order valence-corrected chi connectivity index (χ4v) is 3.40. The van der Waals surface area contributed by atoms with Gasteiger partial charge in [-0.2, -0.15) is 0 Å². The highest BCUT2D eigenvalue weighted by molar-refractivity contribution is 5.83. The number of pyridine rings is 3. The number of anilines is 1. The van der Waals surface area contributed by atoms with E-state index in [-0.39, 0.29) is 12.0 Å². The van der Waals surface area contributed by atoms with Crippen molar-refractivity contribution in [2.45, 2.75) is 13.5 Å². The second kappa shape index (κ2) is 10.2. The Bertz CT molecular complexity index is 1370. The third kappa shape index (κ3) is 5.25. The van der Waals surface area contributed by atoms with E-state index in [0.717, 1.165) is 16.9 Å². The number of aromatic nitrogens is 3. The fraction of sp³-hybridized carbons (Fsp3) is 0.0741. The molecule has 1 aromatic carbocycles. The van der Waals surface area contributed by atoms with Crippen LogP contribution in [-0.4, -0.2) is 14.5 Å². The Morgan fingerprint density at radius 1 is 1.12 bits per heavy atom. The SMILES string of the molecule is C=C/C=C\C=C(/C)Nc1cc(=O)c2cnc(COc3ccncc3)cc2n1-c1ccccc1. The van der Waals surface area contributed by atoms with Gasteiger partial charge in [0.15, 0.2) is 5.43 Å². The Morgan fingerprint density at radius 3 is 2.67 bits per heavy atom. The van der Waals surface area contributed by atoms with E-state index in [0.29, 0.717) is 22.6 Å². The molecule has 0 aliphatic heterocycles. The van der Waals surface area contributed by atoms with E-state index in [1.165, 1.54) is 0 Å². The van der Waals surface area contributed by atoms with E-state index in [4.69, 9.17) is 4.74 Å². The van der Waals surface area contributed by atoms with Crippen LogP contribution in [0.2, 0.25) is 0 Å². The molecule has 0 aliphatic carbocycles. The average molecular weight is 437 g/mol. The van der Waals surface area contributed by atoms with Gasteiger partial charge in [-0.15, -0.1) is 0 Å². The molecule has 1 N–H and O–H groups in total. The summed E-state index contributed by atoms with van der Waals surface area (Å²) < 4.78 is 7.85. The largest absolute Gasteiger partial charge is 0.487 e. The molecule has 164 valence electrons. The minimum absolute atomic E-state index is 0.108. The van der Waals surface area contributed by atoms with Crippen LogP contribution in [0.4, 0.5) is 5.82 Å². The van der Waals surface area contributed by atoms with Gasteiger partial charge in [-0.1, -0.05) is 43.0 Å². The zero-order chi connectivity index (χ0) is 23.0. The molecule has 0 atom stereocenters. The molecule has 6 heteroatoms. The van der Waals surface area contributed by atoms with Crippen molar-refractivity contribution in [1.82, 2.24) is 14.5 Å². The molecular formula is C27H24N4O2. The van der Waals surface area contributed by atoms with Crippen LogP contribution in [0.15, 0.2) is 115 Å². The molecule has 0 saturated heterocycles. The lowest BCUT2D eigenvalue weighted by molar-refractivity contribution is 0.301. The van der Waals surface area contributed by atoms with Crippen LogP contribution >= 0.6 is 0 Å². The molecule has 0 radical (unpaired) electrons. The fourth-order valence-electron chi connectivity index (χ4n) is 3.40. The van der Waals surface area contributed by atoms with Gasteiger partial charge >= 0.3 is 0 Å². The van der Waals surface area contributed by atoms with Crippen molar-refractivity contribution in [1.29, 1.82) is 0 Å². The number of rotatable bonds is 8. The number of nitrogens with one attached hydrogen (secondary N) is 1. The van der Waals surface area contributed by atoms with E-state index >= 15 is 0 Å². The first-order valence-corrected chi connectivity index (χ1v) is 10.5. The van der Waals surface area contributed by atoms with Crippen LogP contribution in [0, 0.1) is 0 Å². The Labute approximate surface area is 192 Å². The molecular weight excluding hydrogens is 412 g/mol. The second-order valence-corrected chi connectivity index (χ2v) is 7.32. The van der Waals surface area contributed by atoms with Gasteiger partial charge in [0.25, 0.3) is 0 Å². The molecule has 0 spiro atoms. The molecule has 0 saturated carbocycles. The normalized spacial score (nSPS) is 11.6. The van der Waals surface area contributed by atoms with E-state index in [1.807, 2.05) is 66.1 Å². The van der Waals surface area contributed by atoms with Crippen LogP contribution in [0.1, 0.15) is 12.6 Å². The summed E-state index contributed by atoms with van der Waals surface area (Å²) in [6.07, 6.45) is 12.3. The predicted octanol–water partition coefficient (Wildman–Crippen LogP) is 5.42. The Kier molecular flexibility index (Phi) is 6.75. The second-order valence-electron chi connectivity index (χ2n) is 7.32. The molecule has 0 bridgehead atoms. The number of benzene rings is 1. The van der Waals surface area contributed by atoms with Crippen molar-refractivity contribution in [3.8, 4) is 11.4 Å². The molecule has 0 fully saturated rings. The van der Waals surface area contributed by atoms with Gasteiger partial charge in [0, 0.05) is 36.0 Å². The van der Waals surface area contributed by atoms with E-state index in [9.17, 15) is 4.79 Å². The van der Waals surface area contributed by atoms with Crippen molar-refractivity contribution in [2.75, 3.05) is 5.32 Å². The first-order chi connectivity index (χ1) is 16.2. The van der Waals surface area contributed by atoms with Crippen LogP contribution in [0.3, 0.4) is 0 Å². The van der Waals surface area contributed by atoms with E-state index in [1.54, 1.807) is 42.9 Å². The zero-order valence-electron chi connectivity index (χ0n) is 18.3. The third-order valence-electron chi connectivity index (χ3n) is 4.92. The van der Waals surface area contributed by atoms with Crippen LogP contribution in [0.5, 0.6) is 5.75 Å². The summed E-state index contributed by atoms with van der Waals surface area (Å²) in [5, 5.41) is 3.89. The van der Waals surface area contributed by atoms with Crippen molar-refractivity contribution in [2.24, 2.45) is 0 Å². The monoisotopic (exact) mass is 436 g/mol. The maximum atomic E-state index is 12.9. The number of ether oxygens (including phenoxy) is 1. The summed E-state index contributed by atoms with van der Waals surface area (Å²) in [6, 6.07) is 17.0. The summed E-state index contributed by atoms with van der Waals surface area (Å²) in [5.74, 6) is 1.36. The molecule has 33 heavy (non-hydrogen) atoms. The number of fused-ring (bicyclic) bond motifs is 1. The van der Waals surface area contributed by atoms with Crippen LogP contribution in [-0.2, 0) is 6.61 Å². The van der Waals surface area contributed by atoms with Crippen molar-refractivity contribution >= 4 is 16.7 Å². The highest BCUT2D eigenvalue weighted by Crippen LogP contribution is 2.24. The minimum Gasteiger partial charge on any atom is -0.487 e. The number of hydrogen-bond acceptors (Lipinski definition) is 5. The van der Waals surface area contributed by atoms with Gasteiger partial charge < -0.3 is 10.1 Å². The minimum atomic E-state index is -0.108. The summed E-state index contributed by atoms with van der Waals surface area (Å²) in [4.78, 5) is 21.4. The number of para-hydroxylation sites is 1. The molecule has 4 aromatic rings. The van der Waals surface area contributed by atoms with Crippen LogP contribution < -0.4 is 15.5 Å². The lowest BCUT2D eigenvalue weighted by Crippen LogP contribution is -2.14. The average Bonchev–Trinajstić information content (AvgIpc) is 2.84. The van der Waals surface area contributed by atoms with E-state index < -0.39 is 0 Å². The molecule has 0 amide bonds. The third-order valence-corrected chi connectivity index (χ3v) is 4.92. The van der Waals surface area contributed by atoms with Crippen LogP contribution in [0.25, 0.3) is 16.6 Å². The first-order valence-electron chi connectivity index (χ1n) is 10.5. The molecule has 3 heterocycles. The maximum Gasteiger partial charge on any atom is 0.193 e. The Morgan fingerprint density at radius 2 is 1.91 bits per heavy atom. The van der Waals surface area contributed by atoms with Gasteiger partial charge in [-0.25, -0.2) is 0 Å². The number of nitrogens with zero attached hydrogens (tertiary/aromatic N) is 3. The highest BCUT2D eigenvalue weighted by atomic mass is 16.5. The van der Waals surface area contributed by atoms with Crippen molar-refractivity contribution in [3.63, 3.8) is 0 Å². The van der Waals surface area contributed by atoms with Crippen molar-refractivity contribution < 1.29 is 4.74 Å². The number of hydrogen-bond donors (Lipinski definition) is 1. The van der Waals surface area contributed by atoms with Gasteiger partial charge in [-0.05, 0) is 43.3 Å². The predicted molar refractivity (Wildman–Crippen MR) is 133 cm³/mol. The lowest BCUT2D eigenvalue weighted by Gasteiger charge is -2.19. The lowest BCUT2D eigenvalue weighted by atomic mass is 10.2. The van der Waals surface area contributed by atoms with Gasteiger partial charge in [-0.3, -0.25) is 19.3 Å². The van der Waals surface area contributed by atoms with Gasteiger partial charge in [0.1, 0.15) is 18.2 Å². The summed E-state index contributed by atoms with van der Waals surface area (Å²) in [5.41, 5.74) is 3.15. The molecule has 0 aliphatic rings. The van der Waals surface area contributed by atoms with Gasteiger partial charge in [0.05, 0.1) is 16.6 Å². The zero-order valence-corrected chi connectivity index (χ0v) is 18.3. The Balaban J connectivity index is 1.81. The van der Waals surface area contributed by atoms with Crippen molar-refractivity contribution in [3.05, 3.63) is 126 Å². The summed E-state index contributed by atoms with van der Waals surface area (Å²) in [6.45, 7) is 5.89. The first kappa shape index (κ1) is 21.8. The molecule has 3 aromatic heterocycles. The van der Waals surface area contributed by atoms with E-state index in [2.05, 4.69) is 21.9 Å². The molecule has 4 rings (SSSR count). The summed E-state index contributed by atoms with van der Waals surface area (Å²) in [7, 11) is 0.